The van der Waals surface area contributed by atoms with Crippen LogP contribution in [0.4, 0.5) is 0 Å². The van der Waals surface area contributed by atoms with Crippen molar-refractivity contribution in [2.75, 3.05) is 13.2 Å². The van der Waals surface area contributed by atoms with Crippen LogP contribution < -0.4 is 0 Å². The summed E-state index contributed by atoms with van der Waals surface area (Å²) >= 11 is 0. The lowest BCUT2D eigenvalue weighted by molar-refractivity contribution is -0.0747. The molecule has 3 heterocycles. The van der Waals surface area contributed by atoms with Crippen LogP contribution in [-0.4, -0.2) is 66.5 Å². The summed E-state index contributed by atoms with van der Waals surface area (Å²) in [6.07, 6.45) is 10.0. The van der Waals surface area contributed by atoms with Crippen LogP contribution in [0.3, 0.4) is 0 Å². The molecule has 3 saturated heterocycles. The highest BCUT2D eigenvalue weighted by molar-refractivity contribution is 6.74. The van der Waals surface area contributed by atoms with Gasteiger partial charge in [-0.25, -0.2) is 0 Å². The Labute approximate surface area is 328 Å². The highest BCUT2D eigenvalue weighted by Crippen LogP contribution is 2.43. The highest BCUT2D eigenvalue weighted by Gasteiger charge is 2.45. The molecule has 0 saturated carbocycles. The largest absolute Gasteiger partial charge is 0.417 e. The quantitative estimate of drug-likeness (QED) is 0.0751. The van der Waals surface area contributed by atoms with Crippen LogP contribution in [0.5, 0.6) is 0 Å². The van der Waals surface area contributed by atoms with Gasteiger partial charge < -0.3 is 23.1 Å². The van der Waals surface area contributed by atoms with Gasteiger partial charge in [0, 0.05) is 19.6 Å². The van der Waals surface area contributed by atoms with E-state index in [1.807, 2.05) is 0 Å². The fourth-order valence-electron chi connectivity index (χ4n) is 8.88. The Morgan fingerprint density at radius 1 is 0.849 bits per heavy atom. The van der Waals surface area contributed by atoms with Crippen molar-refractivity contribution in [2.45, 2.75) is 193 Å². The summed E-state index contributed by atoms with van der Waals surface area (Å²) in [5.74, 6) is 1.77. The van der Waals surface area contributed by atoms with Crippen LogP contribution >= 0.6 is 0 Å². The van der Waals surface area contributed by atoms with E-state index in [0.717, 1.165) is 71.0 Å². The second-order valence-corrected chi connectivity index (χ2v) is 28.5. The topological polar surface area (TPSA) is 46.2 Å². The molecule has 0 amide bonds. The molecular formula is C46H80O5Si2. The third-order valence-electron chi connectivity index (χ3n) is 14.1. The van der Waals surface area contributed by atoms with Crippen molar-refractivity contribution in [3.63, 3.8) is 0 Å². The van der Waals surface area contributed by atoms with Crippen LogP contribution in [0.25, 0.3) is 0 Å². The molecule has 0 N–H and O–H groups in total. The van der Waals surface area contributed by atoms with E-state index in [9.17, 15) is 0 Å². The molecule has 0 bridgehead atoms. The van der Waals surface area contributed by atoms with Crippen molar-refractivity contribution >= 4 is 16.6 Å². The van der Waals surface area contributed by atoms with Gasteiger partial charge in [0.25, 0.3) is 0 Å². The maximum atomic E-state index is 7.09. The fraction of sp³-hybridized carbons (Fsp3) is 0.783. The summed E-state index contributed by atoms with van der Waals surface area (Å²) in [6, 6.07) is 14.6. The van der Waals surface area contributed by atoms with Gasteiger partial charge in [-0.3, -0.25) is 0 Å². The second-order valence-electron chi connectivity index (χ2n) is 19.0. The average Bonchev–Trinajstić information content (AvgIpc) is 3.62. The normalized spacial score (nSPS) is 30.7. The van der Waals surface area contributed by atoms with E-state index in [1.54, 1.807) is 0 Å². The molecule has 1 aromatic carbocycles. The first kappa shape index (κ1) is 44.6. The molecule has 0 spiro atoms. The first-order valence-electron chi connectivity index (χ1n) is 21.7. The maximum Gasteiger partial charge on any atom is 0.191 e. The zero-order valence-electron chi connectivity index (χ0n) is 36.0. The van der Waals surface area contributed by atoms with Gasteiger partial charge in [-0.1, -0.05) is 106 Å². The van der Waals surface area contributed by atoms with Crippen LogP contribution in [-0.2, 0) is 29.5 Å². The minimum absolute atomic E-state index is 0.0165. The van der Waals surface area contributed by atoms with Gasteiger partial charge in [-0.15, -0.1) is 0 Å². The molecule has 7 heteroatoms. The lowest BCUT2D eigenvalue weighted by Gasteiger charge is -2.38. The van der Waals surface area contributed by atoms with Gasteiger partial charge in [-0.05, 0) is 128 Å². The van der Waals surface area contributed by atoms with Crippen LogP contribution in [0, 0.1) is 23.7 Å². The smallest absolute Gasteiger partial charge is 0.191 e. The molecule has 0 radical (unpaired) electrons. The van der Waals surface area contributed by atoms with Crippen molar-refractivity contribution in [2.24, 2.45) is 23.7 Å². The second kappa shape index (κ2) is 19.9. The Hall–Kier alpha value is -1.07. The van der Waals surface area contributed by atoms with Gasteiger partial charge in [-0.2, -0.15) is 0 Å². The van der Waals surface area contributed by atoms with Gasteiger partial charge in [0.2, 0.25) is 0 Å². The lowest BCUT2D eigenvalue weighted by atomic mass is 9.78. The average molecular weight is 769 g/mol. The number of hydrogen-bond acceptors (Lipinski definition) is 5. The van der Waals surface area contributed by atoms with Crippen molar-refractivity contribution in [3.8, 4) is 0 Å². The predicted molar refractivity (Wildman–Crippen MR) is 229 cm³/mol. The van der Waals surface area contributed by atoms with Crippen molar-refractivity contribution < 1.29 is 23.1 Å². The molecule has 5 nitrogen and oxygen atoms in total. The van der Waals surface area contributed by atoms with Crippen molar-refractivity contribution in [1.29, 1.82) is 0 Å². The molecule has 3 unspecified atom stereocenters. The Morgan fingerprint density at radius 3 is 2.15 bits per heavy atom. The zero-order chi connectivity index (χ0) is 39.0. The summed E-state index contributed by atoms with van der Waals surface area (Å²) < 4.78 is 33.8. The molecule has 302 valence electrons. The monoisotopic (exact) mass is 769 g/mol. The van der Waals surface area contributed by atoms with Crippen LogP contribution in [0.1, 0.15) is 119 Å². The lowest BCUT2D eigenvalue weighted by Crippen LogP contribution is -2.42. The van der Waals surface area contributed by atoms with Gasteiger partial charge in [0.15, 0.2) is 16.6 Å². The summed E-state index contributed by atoms with van der Waals surface area (Å²) in [5.41, 5.74) is 3.89. The number of hydrogen-bond donors (Lipinski definition) is 0. The third-order valence-corrected chi connectivity index (χ3v) is 23.3. The minimum Gasteiger partial charge on any atom is -0.417 e. The predicted octanol–water partition coefficient (Wildman–Crippen LogP) is 12.3. The van der Waals surface area contributed by atoms with E-state index in [-0.39, 0.29) is 41.7 Å². The molecule has 10 atom stereocenters. The molecule has 0 aliphatic carbocycles. The van der Waals surface area contributed by atoms with E-state index < -0.39 is 16.6 Å². The van der Waals surface area contributed by atoms with Crippen molar-refractivity contribution in [3.05, 3.63) is 60.2 Å². The van der Waals surface area contributed by atoms with Crippen LogP contribution in [0.2, 0.25) is 36.3 Å². The molecular weight excluding hydrogens is 689 g/mol. The summed E-state index contributed by atoms with van der Waals surface area (Å²) in [6.45, 7) is 36.4. The molecule has 3 aliphatic rings. The molecule has 3 aliphatic heterocycles. The van der Waals surface area contributed by atoms with Gasteiger partial charge in [0.05, 0.1) is 36.6 Å². The number of rotatable bonds is 20. The fourth-order valence-corrected chi connectivity index (χ4v) is 12.7. The molecule has 53 heavy (non-hydrogen) atoms. The highest BCUT2D eigenvalue weighted by atomic mass is 28.4. The minimum atomic E-state index is -1.79. The Balaban J connectivity index is 1.33. The maximum absolute atomic E-state index is 7.09. The molecule has 1 aromatic rings. The number of ether oxygens (including phenoxy) is 3. The zero-order valence-corrected chi connectivity index (χ0v) is 38.0. The van der Waals surface area contributed by atoms with Gasteiger partial charge >= 0.3 is 0 Å². The van der Waals surface area contributed by atoms with E-state index in [1.165, 1.54) is 34.8 Å². The molecule has 0 aromatic heterocycles. The van der Waals surface area contributed by atoms with Crippen LogP contribution in [0.15, 0.2) is 54.6 Å². The molecule has 4 rings (SSSR count). The van der Waals surface area contributed by atoms with Crippen molar-refractivity contribution in [1.82, 2.24) is 0 Å². The Morgan fingerprint density at radius 2 is 1.51 bits per heavy atom. The third kappa shape index (κ3) is 12.2. The molecule has 3 fully saturated rings. The van der Waals surface area contributed by atoms with E-state index in [4.69, 9.17) is 23.1 Å². The van der Waals surface area contributed by atoms with E-state index in [0.29, 0.717) is 23.7 Å². The number of benzene rings is 1. The summed E-state index contributed by atoms with van der Waals surface area (Å²) in [7, 11) is -3.31. The first-order chi connectivity index (χ1) is 25.0. The SMILES string of the molecule is C=C1C[C@H](CCCO[Si](CC)(CC)CC)OC1CC[C@H]1C[C@@H](C)C(=C)C(C[C@@H]2O[C@H](C[C@H](C)CO[Si](C)(C)C(C)(C)C)[C@H](C)C2Cc2ccccc2)O1. The summed E-state index contributed by atoms with van der Waals surface area (Å²) in [5, 5.41) is 0.218. The van der Waals surface area contributed by atoms with Gasteiger partial charge in [0.1, 0.15) is 0 Å². The van der Waals surface area contributed by atoms with E-state index >= 15 is 0 Å². The Kier molecular flexibility index (Phi) is 16.7. The first-order valence-corrected chi connectivity index (χ1v) is 27.1. The summed E-state index contributed by atoms with van der Waals surface area (Å²) in [4.78, 5) is 0. The standard InChI is InChI=1S/C46H80O5Si2/c1-14-53(15-2,16-3)47-26-20-23-39-29-35(6)42(49-39)25-24-40-28-34(5)36(7)44(50-40)31-45-41(30-38-21-18-17-19-22-38)37(8)43(51-45)27-33(4)32-48-52(12,13)46(9,10)11/h17-19,21-22,33-34,37,39-45H,6-7,14-16,20,23-32H2,1-5,8-13H3/t33-,34+,37+,39-,40-,41?,42?,43+,44?,45-/m0/s1. The van der Waals surface area contributed by atoms with E-state index in [2.05, 4.69) is 119 Å². The Bertz CT molecular complexity index is 1260.